The minimum Gasteiger partial charge on any atom is -0.320 e. The molecule has 1 aromatic heterocycles. The number of nitrogens with zero attached hydrogens (tertiary/aromatic N) is 3. The molecule has 0 spiro atoms. The number of aryl methyl sites for hydroxylation is 1. The van der Waals surface area contributed by atoms with Gasteiger partial charge in [0.15, 0.2) is 4.80 Å². The molecular weight excluding hydrogens is 358 g/mol. The molecule has 27 heavy (non-hydrogen) atoms. The standard InChI is InChI=1S/C21H23N3O2S/c1-15(2)13-23-19(12-17-7-5-4-6-8-17)14-27-21(23)22-20-10-9-18(24(25)26)11-16(20)3/h4-11,14-15H,12-13H2,1-3H3. The summed E-state index contributed by atoms with van der Waals surface area (Å²) in [7, 11) is 0. The van der Waals surface area contributed by atoms with Crippen molar-refractivity contribution in [3.63, 3.8) is 0 Å². The Balaban J connectivity index is 2.02. The van der Waals surface area contributed by atoms with Gasteiger partial charge in [0.25, 0.3) is 5.69 Å². The van der Waals surface area contributed by atoms with Crippen LogP contribution in [0, 0.1) is 23.0 Å². The lowest BCUT2D eigenvalue weighted by Crippen LogP contribution is -2.20. The molecule has 2 aromatic carbocycles. The fraction of sp³-hybridized carbons (Fsp3) is 0.286. The molecule has 0 atom stereocenters. The molecule has 0 aliphatic rings. The Morgan fingerprint density at radius 3 is 2.56 bits per heavy atom. The van der Waals surface area contributed by atoms with Gasteiger partial charge in [-0.1, -0.05) is 44.2 Å². The molecule has 3 rings (SSSR count). The van der Waals surface area contributed by atoms with E-state index in [2.05, 4.69) is 48.1 Å². The Labute approximate surface area is 162 Å². The van der Waals surface area contributed by atoms with Gasteiger partial charge in [-0.2, -0.15) is 0 Å². The first kappa shape index (κ1) is 19.0. The van der Waals surface area contributed by atoms with E-state index in [1.165, 1.54) is 17.3 Å². The number of nitro benzene ring substituents is 1. The van der Waals surface area contributed by atoms with Crippen molar-refractivity contribution in [1.82, 2.24) is 4.57 Å². The van der Waals surface area contributed by atoms with E-state index in [-0.39, 0.29) is 10.6 Å². The molecule has 0 saturated carbocycles. The lowest BCUT2D eigenvalue weighted by Gasteiger charge is -2.12. The number of non-ortho nitro benzene ring substituents is 1. The summed E-state index contributed by atoms with van der Waals surface area (Å²) in [6.07, 6.45) is 0.860. The van der Waals surface area contributed by atoms with Crippen molar-refractivity contribution in [3.8, 4) is 0 Å². The molecule has 0 bridgehead atoms. The fourth-order valence-electron chi connectivity index (χ4n) is 2.94. The molecule has 1 heterocycles. The van der Waals surface area contributed by atoms with Crippen molar-refractivity contribution < 1.29 is 4.92 Å². The zero-order valence-corrected chi connectivity index (χ0v) is 16.6. The van der Waals surface area contributed by atoms with Gasteiger partial charge >= 0.3 is 0 Å². The van der Waals surface area contributed by atoms with Crippen molar-refractivity contribution >= 4 is 22.7 Å². The van der Waals surface area contributed by atoms with Crippen molar-refractivity contribution in [3.05, 3.63) is 85.6 Å². The van der Waals surface area contributed by atoms with E-state index in [4.69, 9.17) is 4.99 Å². The monoisotopic (exact) mass is 381 g/mol. The molecule has 0 unspecified atom stereocenters. The van der Waals surface area contributed by atoms with Crippen LogP contribution in [0.25, 0.3) is 0 Å². The lowest BCUT2D eigenvalue weighted by atomic mass is 10.1. The first-order valence-corrected chi connectivity index (χ1v) is 9.83. The van der Waals surface area contributed by atoms with E-state index in [1.54, 1.807) is 23.5 Å². The quantitative estimate of drug-likeness (QED) is 0.433. The molecule has 0 amide bonds. The van der Waals surface area contributed by atoms with Crippen LogP contribution < -0.4 is 4.80 Å². The normalized spacial score (nSPS) is 11.9. The predicted molar refractivity (Wildman–Crippen MR) is 109 cm³/mol. The van der Waals surface area contributed by atoms with Gasteiger partial charge in [0, 0.05) is 36.2 Å². The largest absolute Gasteiger partial charge is 0.320 e. The zero-order valence-electron chi connectivity index (χ0n) is 15.8. The topological polar surface area (TPSA) is 60.4 Å². The number of aromatic nitrogens is 1. The first-order chi connectivity index (χ1) is 12.9. The zero-order chi connectivity index (χ0) is 19.4. The molecule has 0 aliphatic carbocycles. The highest BCUT2D eigenvalue weighted by Gasteiger charge is 2.11. The number of thiazole rings is 1. The minimum absolute atomic E-state index is 0.0949. The summed E-state index contributed by atoms with van der Waals surface area (Å²) in [5.41, 5.74) is 4.17. The van der Waals surface area contributed by atoms with Gasteiger partial charge in [-0.25, -0.2) is 4.99 Å². The Morgan fingerprint density at radius 1 is 1.19 bits per heavy atom. The van der Waals surface area contributed by atoms with Crippen LogP contribution >= 0.6 is 11.3 Å². The second kappa shape index (κ2) is 8.31. The summed E-state index contributed by atoms with van der Waals surface area (Å²) in [6.45, 7) is 7.13. The molecule has 0 saturated heterocycles. The highest BCUT2D eigenvalue weighted by molar-refractivity contribution is 7.07. The van der Waals surface area contributed by atoms with E-state index in [1.807, 2.05) is 13.0 Å². The average Bonchev–Trinajstić information content (AvgIpc) is 2.98. The smallest absolute Gasteiger partial charge is 0.269 e. The molecule has 140 valence electrons. The van der Waals surface area contributed by atoms with Crippen LogP contribution in [-0.4, -0.2) is 9.49 Å². The maximum Gasteiger partial charge on any atom is 0.269 e. The van der Waals surface area contributed by atoms with E-state index in [9.17, 15) is 10.1 Å². The molecular formula is C21H23N3O2S. The molecule has 6 heteroatoms. The number of benzene rings is 2. The maximum absolute atomic E-state index is 10.9. The summed E-state index contributed by atoms with van der Waals surface area (Å²) >= 11 is 1.61. The van der Waals surface area contributed by atoms with E-state index in [0.29, 0.717) is 5.92 Å². The number of hydrogen-bond acceptors (Lipinski definition) is 4. The predicted octanol–water partition coefficient (Wildman–Crippen LogP) is 5.25. The van der Waals surface area contributed by atoms with Gasteiger partial charge in [0.1, 0.15) is 0 Å². The van der Waals surface area contributed by atoms with Gasteiger partial charge in [0.2, 0.25) is 0 Å². The fourth-order valence-corrected chi connectivity index (χ4v) is 3.86. The third-order valence-corrected chi connectivity index (χ3v) is 5.17. The summed E-state index contributed by atoms with van der Waals surface area (Å²) < 4.78 is 2.27. The number of hydrogen-bond donors (Lipinski definition) is 0. The van der Waals surface area contributed by atoms with Crippen LogP contribution in [0.1, 0.15) is 30.7 Å². The first-order valence-electron chi connectivity index (χ1n) is 8.95. The summed E-state index contributed by atoms with van der Waals surface area (Å²) in [6, 6.07) is 15.2. The Hall–Kier alpha value is -2.73. The molecule has 0 aliphatic heterocycles. The van der Waals surface area contributed by atoms with Crippen molar-refractivity contribution in [2.24, 2.45) is 10.9 Å². The van der Waals surface area contributed by atoms with Crippen LogP contribution in [0.2, 0.25) is 0 Å². The summed E-state index contributed by atoms with van der Waals surface area (Å²) in [4.78, 5) is 16.3. The maximum atomic E-state index is 10.9. The second-order valence-electron chi connectivity index (χ2n) is 7.02. The van der Waals surface area contributed by atoms with Gasteiger partial charge in [-0.05, 0) is 30.0 Å². The average molecular weight is 382 g/mol. The summed E-state index contributed by atoms with van der Waals surface area (Å²) in [5, 5.41) is 13.1. The van der Waals surface area contributed by atoms with Gasteiger partial charge in [-0.15, -0.1) is 11.3 Å². The number of nitro groups is 1. The SMILES string of the molecule is Cc1cc([N+](=O)[O-])ccc1N=c1scc(Cc2ccccc2)n1CC(C)C. The van der Waals surface area contributed by atoms with Crippen LogP contribution in [0.4, 0.5) is 11.4 Å². The Morgan fingerprint density at radius 2 is 1.93 bits per heavy atom. The van der Waals surface area contributed by atoms with E-state index in [0.717, 1.165) is 29.0 Å². The van der Waals surface area contributed by atoms with Crippen LogP contribution in [-0.2, 0) is 13.0 Å². The molecule has 0 radical (unpaired) electrons. The Bertz CT molecular complexity index is 1000. The molecule has 0 N–H and O–H groups in total. The minimum atomic E-state index is -0.376. The highest BCUT2D eigenvalue weighted by atomic mass is 32.1. The van der Waals surface area contributed by atoms with Gasteiger partial charge in [0.05, 0.1) is 10.6 Å². The van der Waals surface area contributed by atoms with Gasteiger partial charge < -0.3 is 4.57 Å². The van der Waals surface area contributed by atoms with Crippen LogP contribution in [0.5, 0.6) is 0 Å². The third kappa shape index (κ3) is 4.71. The van der Waals surface area contributed by atoms with Crippen LogP contribution in [0.3, 0.4) is 0 Å². The third-order valence-electron chi connectivity index (χ3n) is 4.26. The summed E-state index contributed by atoms with van der Waals surface area (Å²) in [5.74, 6) is 0.492. The van der Waals surface area contributed by atoms with Crippen molar-refractivity contribution in [1.29, 1.82) is 0 Å². The van der Waals surface area contributed by atoms with E-state index < -0.39 is 0 Å². The highest BCUT2D eigenvalue weighted by Crippen LogP contribution is 2.23. The van der Waals surface area contributed by atoms with E-state index >= 15 is 0 Å². The van der Waals surface area contributed by atoms with Crippen molar-refractivity contribution in [2.75, 3.05) is 0 Å². The Kier molecular flexibility index (Phi) is 5.86. The molecule has 0 fully saturated rings. The van der Waals surface area contributed by atoms with Gasteiger partial charge in [-0.3, -0.25) is 10.1 Å². The van der Waals surface area contributed by atoms with Crippen molar-refractivity contribution in [2.45, 2.75) is 33.7 Å². The second-order valence-corrected chi connectivity index (χ2v) is 7.85. The molecule has 3 aromatic rings. The lowest BCUT2D eigenvalue weighted by molar-refractivity contribution is -0.384. The number of rotatable bonds is 6. The molecule has 5 nitrogen and oxygen atoms in total. The van der Waals surface area contributed by atoms with Crippen LogP contribution in [0.15, 0.2) is 58.9 Å².